The van der Waals surface area contributed by atoms with Crippen LogP contribution in [0.15, 0.2) is 34.9 Å². The minimum absolute atomic E-state index is 0. The van der Waals surface area contributed by atoms with E-state index in [1.54, 1.807) is 42.9 Å². The molecule has 0 spiro atoms. The van der Waals surface area contributed by atoms with E-state index in [0.717, 1.165) is 16.7 Å². The number of hydrogen-bond donors (Lipinski definition) is 2. The van der Waals surface area contributed by atoms with E-state index in [0.29, 0.717) is 25.2 Å². The third-order valence-electron chi connectivity index (χ3n) is 3.26. The summed E-state index contributed by atoms with van der Waals surface area (Å²) < 4.78 is 0. The van der Waals surface area contributed by atoms with Gasteiger partial charge in [-0.05, 0) is 19.1 Å². The van der Waals surface area contributed by atoms with E-state index < -0.39 is 0 Å². The summed E-state index contributed by atoms with van der Waals surface area (Å²) in [4.78, 5) is 26.5. The van der Waals surface area contributed by atoms with Gasteiger partial charge >= 0.3 is 0 Å². The number of aromatic nitrogens is 2. The predicted molar refractivity (Wildman–Crippen MR) is 112 cm³/mol. The molecule has 0 aliphatic heterocycles. The first-order valence-electron chi connectivity index (χ1n) is 7.61. The van der Waals surface area contributed by atoms with Crippen molar-refractivity contribution < 1.29 is 4.79 Å². The van der Waals surface area contributed by atoms with Gasteiger partial charge in [0.15, 0.2) is 5.96 Å². The monoisotopic (exact) mass is 474 g/mol. The van der Waals surface area contributed by atoms with Gasteiger partial charge in [-0.2, -0.15) is 0 Å². The van der Waals surface area contributed by atoms with Gasteiger partial charge in [-0.25, -0.2) is 4.98 Å². The average molecular weight is 474 g/mol. The number of halogens is 1. The Hall–Kier alpha value is -1.75. The number of carbonyl (C=O) groups excluding carboxylic acids is 1. The van der Waals surface area contributed by atoms with E-state index in [1.807, 2.05) is 24.3 Å². The second-order valence-electron chi connectivity index (χ2n) is 5.19. The Balaban J connectivity index is 0.00000312. The van der Waals surface area contributed by atoms with Crippen LogP contribution >= 0.6 is 35.3 Å². The summed E-state index contributed by atoms with van der Waals surface area (Å²) >= 11 is 1.64. The van der Waals surface area contributed by atoms with Crippen molar-refractivity contribution in [1.29, 1.82) is 0 Å². The SMILES string of the molecule is CN=C(NCCNC(=O)c1cccnc1)N(C)Cc1csc(C)n1.I. The first kappa shape index (κ1) is 21.3. The summed E-state index contributed by atoms with van der Waals surface area (Å²) in [5.74, 6) is 0.627. The molecule has 2 rings (SSSR count). The van der Waals surface area contributed by atoms with Crippen molar-refractivity contribution in [3.63, 3.8) is 0 Å². The molecule has 0 saturated carbocycles. The van der Waals surface area contributed by atoms with E-state index >= 15 is 0 Å². The quantitative estimate of drug-likeness (QED) is 0.289. The molecule has 0 aliphatic carbocycles. The largest absolute Gasteiger partial charge is 0.354 e. The van der Waals surface area contributed by atoms with Gasteiger partial charge in [0.2, 0.25) is 0 Å². The zero-order valence-corrected chi connectivity index (χ0v) is 17.7. The van der Waals surface area contributed by atoms with Crippen molar-refractivity contribution in [2.75, 3.05) is 27.2 Å². The van der Waals surface area contributed by atoms with E-state index in [9.17, 15) is 4.79 Å². The number of pyridine rings is 1. The normalized spacial score (nSPS) is 10.8. The molecule has 2 N–H and O–H groups in total. The number of nitrogens with zero attached hydrogens (tertiary/aromatic N) is 4. The molecule has 1 amide bonds. The average Bonchev–Trinajstić information content (AvgIpc) is 3.00. The van der Waals surface area contributed by atoms with Gasteiger partial charge < -0.3 is 15.5 Å². The third-order valence-corrected chi connectivity index (χ3v) is 4.08. The van der Waals surface area contributed by atoms with Crippen LogP contribution in [0.5, 0.6) is 0 Å². The van der Waals surface area contributed by atoms with Crippen molar-refractivity contribution >= 4 is 47.2 Å². The van der Waals surface area contributed by atoms with E-state index in [1.165, 1.54) is 0 Å². The molecule has 2 heterocycles. The van der Waals surface area contributed by atoms with Gasteiger partial charge in [0, 0.05) is 45.0 Å². The van der Waals surface area contributed by atoms with E-state index in [2.05, 4.69) is 25.6 Å². The van der Waals surface area contributed by atoms with Gasteiger partial charge in [0.05, 0.1) is 22.8 Å². The number of amides is 1. The molecule has 0 bridgehead atoms. The molecule has 0 aliphatic rings. The second kappa shape index (κ2) is 11.0. The molecule has 0 radical (unpaired) electrons. The zero-order valence-electron chi connectivity index (χ0n) is 14.5. The van der Waals surface area contributed by atoms with Crippen molar-refractivity contribution in [2.24, 2.45) is 4.99 Å². The lowest BCUT2D eigenvalue weighted by Gasteiger charge is -2.21. The highest BCUT2D eigenvalue weighted by Crippen LogP contribution is 2.09. The number of hydrogen-bond acceptors (Lipinski definition) is 5. The number of thiazole rings is 1. The fraction of sp³-hybridized carbons (Fsp3) is 0.375. The Labute approximate surface area is 169 Å². The van der Waals surface area contributed by atoms with Gasteiger partial charge in [-0.15, -0.1) is 35.3 Å². The van der Waals surface area contributed by atoms with Gasteiger partial charge in [-0.1, -0.05) is 0 Å². The molecule has 0 fully saturated rings. The van der Waals surface area contributed by atoms with Crippen molar-refractivity contribution in [3.8, 4) is 0 Å². The predicted octanol–water partition coefficient (Wildman–Crippen LogP) is 1.90. The molecule has 2 aromatic rings. The van der Waals surface area contributed by atoms with Crippen LogP contribution in [0, 0.1) is 6.92 Å². The Morgan fingerprint density at radius 2 is 2.12 bits per heavy atom. The standard InChI is InChI=1S/C16H22N6OS.HI/c1-12-21-14(11-24-12)10-22(3)16(17-2)20-8-7-19-15(23)13-5-4-6-18-9-13;/h4-6,9,11H,7-8,10H2,1-3H3,(H,17,20)(H,19,23);1H. The summed E-state index contributed by atoms with van der Waals surface area (Å²) in [6.07, 6.45) is 3.19. The molecule has 2 aromatic heterocycles. The summed E-state index contributed by atoms with van der Waals surface area (Å²) in [6, 6.07) is 3.47. The zero-order chi connectivity index (χ0) is 17.4. The highest BCUT2D eigenvalue weighted by molar-refractivity contribution is 14.0. The first-order valence-corrected chi connectivity index (χ1v) is 8.49. The Morgan fingerprint density at radius 1 is 1.36 bits per heavy atom. The van der Waals surface area contributed by atoms with Crippen molar-refractivity contribution in [1.82, 2.24) is 25.5 Å². The molecule has 0 saturated heterocycles. The number of rotatable bonds is 6. The van der Waals surface area contributed by atoms with Crippen LogP contribution in [-0.4, -0.2) is 53.9 Å². The maximum atomic E-state index is 11.9. The topological polar surface area (TPSA) is 82.5 Å². The Kier molecular flexibility index (Phi) is 9.35. The lowest BCUT2D eigenvalue weighted by atomic mass is 10.3. The Bertz CT molecular complexity index is 691. The van der Waals surface area contributed by atoms with Crippen LogP contribution in [0.2, 0.25) is 0 Å². The van der Waals surface area contributed by atoms with Crippen LogP contribution in [-0.2, 0) is 6.54 Å². The molecular formula is C16H23IN6OS. The van der Waals surface area contributed by atoms with Crippen LogP contribution in [0.1, 0.15) is 21.1 Å². The molecule has 136 valence electrons. The lowest BCUT2D eigenvalue weighted by molar-refractivity contribution is 0.0954. The van der Waals surface area contributed by atoms with E-state index in [-0.39, 0.29) is 29.9 Å². The van der Waals surface area contributed by atoms with Crippen molar-refractivity contribution in [2.45, 2.75) is 13.5 Å². The lowest BCUT2D eigenvalue weighted by Crippen LogP contribution is -2.42. The smallest absolute Gasteiger partial charge is 0.252 e. The van der Waals surface area contributed by atoms with Crippen LogP contribution in [0.4, 0.5) is 0 Å². The summed E-state index contributed by atoms with van der Waals surface area (Å²) in [6.45, 7) is 3.76. The number of aryl methyl sites for hydroxylation is 1. The van der Waals surface area contributed by atoms with Crippen LogP contribution in [0.25, 0.3) is 0 Å². The molecule has 0 unspecified atom stereocenters. The number of carbonyl (C=O) groups is 1. The van der Waals surface area contributed by atoms with Gasteiger partial charge in [0.25, 0.3) is 5.91 Å². The molecule has 7 nitrogen and oxygen atoms in total. The first-order chi connectivity index (χ1) is 11.6. The maximum absolute atomic E-state index is 11.9. The second-order valence-corrected chi connectivity index (χ2v) is 6.25. The van der Waals surface area contributed by atoms with E-state index in [4.69, 9.17) is 0 Å². The van der Waals surface area contributed by atoms with Crippen LogP contribution in [0.3, 0.4) is 0 Å². The molecule has 0 atom stereocenters. The molecule has 0 aromatic carbocycles. The minimum Gasteiger partial charge on any atom is -0.354 e. The fourth-order valence-corrected chi connectivity index (χ4v) is 2.74. The molecular weight excluding hydrogens is 451 g/mol. The number of guanidine groups is 1. The maximum Gasteiger partial charge on any atom is 0.252 e. The fourth-order valence-electron chi connectivity index (χ4n) is 2.13. The number of nitrogens with one attached hydrogen (secondary N) is 2. The summed E-state index contributed by atoms with van der Waals surface area (Å²) in [7, 11) is 3.69. The summed E-state index contributed by atoms with van der Waals surface area (Å²) in [5, 5.41) is 9.17. The van der Waals surface area contributed by atoms with Gasteiger partial charge in [-0.3, -0.25) is 14.8 Å². The highest BCUT2D eigenvalue weighted by atomic mass is 127. The molecule has 9 heteroatoms. The third kappa shape index (κ3) is 6.94. The highest BCUT2D eigenvalue weighted by Gasteiger charge is 2.09. The molecule has 25 heavy (non-hydrogen) atoms. The van der Waals surface area contributed by atoms with Gasteiger partial charge in [0.1, 0.15) is 0 Å². The Morgan fingerprint density at radius 3 is 2.72 bits per heavy atom. The number of aliphatic imine (C=N–C) groups is 1. The van der Waals surface area contributed by atoms with Crippen molar-refractivity contribution in [3.05, 3.63) is 46.2 Å². The summed E-state index contributed by atoms with van der Waals surface area (Å²) in [5.41, 5.74) is 1.57. The van der Waals surface area contributed by atoms with Crippen LogP contribution < -0.4 is 10.6 Å². The minimum atomic E-state index is -0.133.